The molecule has 0 spiro atoms. The number of hydrogen-bond acceptors (Lipinski definition) is 5. The van der Waals surface area contributed by atoms with Gasteiger partial charge in [-0.05, 0) is 20.8 Å². The van der Waals surface area contributed by atoms with Crippen LogP contribution in [0.5, 0.6) is 0 Å². The van der Waals surface area contributed by atoms with Crippen molar-refractivity contribution in [1.29, 1.82) is 0 Å². The van der Waals surface area contributed by atoms with Crippen LogP contribution in [0, 0.1) is 0 Å². The maximum absolute atomic E-state index is 11.1. The Morgan fingerprint density at radius 1 is 1.20 bits per heavy atom. The van der Waals surface area contributed by atoms with Crippen molar-refractivity contribution in [2.75, 3.05) is 6.61 Å². The topological polar surface area (TPSA) is 95.7 Å². The standard InChI is InChI=1S/C9H15NO5/c1-9(2,3)15-6(11)4-5-14-8(13)7(10)12/h4-5H2,1-3H3,(H2,10,12). The molecule has 0 unspecified atom stereocenters. The van der Waals surface area contributed by atoms with Crippen molar-refractivity contribution in [3.8, 4) is 0 Å². The summed E-state index contributed by atoms with van der Waals surface area (Å²) in [6.07, 6.45) is -0.101. The van der Waals surface area contributed by atoms with Crippen LogP contribution >= 0.6 is 0 Å². The lowest BCUT2D eigenvalue weighted by atomic mass is 10.2. The summed E-state index contributed by atoms with van der Waals surface area (Å²) in [6.45, 7) is 4.96. The maximum Gasteiger partial charge on any atom is 0.396 e. The number of primary amides is 1. The number of amides is 1. The average Bonchev–Trinajstić information content (AvgIpc) is 2.00. The monoisotopic (exact) mass is 217 g/mol. The number of nitrogens with two attached hydrogens (primary N) is 1. The molecule has 0 radical (unpaired) electrons. The molecule has 15 heavy (non-hydrogen) atoms. The summed E-state index contributed by atoms with van der Waals surface area (Å²) in [5.41, 5.74) is 4.05. The summed E-state index contributed by atoms with van der Waals surface area (Å²) in [7, 11) is 0. The fraction of sp³-hybridized carbons (Fsp3) is 0.667. The summed E-state index contributed by atoms with van der Waals surface area (Å²) < 4.78 is 9.31. The second-order valence-electron chi connectivity index (χ2n) is 3.84. The molecule has 0 aromatic rings. The Labute approximate surface area is 87.7 Å². The van der Waals surface area contributed by atoms with Crippen molar-refractivity contribution < 1.29 is 23.9 Å². The summed E-state index contributed by atoms with van der Waals surface area (Å²) in [5, 5.41) is 0. The lowest BCUT2D eigenvalue weighted by Gasteiger charge is -2.19. The van der Waals surface area contributed by atoms with Crippen molar-refractivity contribution in [1.82, 2.24) is 0 Å². The highest BCUT2D eigenvalue weighted by molar-refractivity contribution is 6.31. The van der Waals surface area contributed by atoms with Gasteiger partial charge in [0.05, 0.1) is 6.42 Å². The molecule has 0 saturated heterocycles. The third-order valence-electron chi connectivity index (χ3n) is 1.16. The Bertz CT molecular complexity index is 266. The summed E-state index contributed by atoms with van der Waals surface area (Å²) in [4.78, 5) is 31.9. The van der Waals surface area contributed by atoms with Crippen LogP contribution in [0.4, 0.5) is 0 Å². The van der Waals surface area contributed by atoms with E-state index in [2.05, 4.69) is 10.5 Å². The Hall–Kier alpha value is -1.59. The highest BCUT2D eigenvalue weighted by atomic mass is 16.6. The van der Waals surface area contributed by atoms with Crippen LogP contribution in [-0.4, -0.2) is 30.1 Å². The molecule has 6 nitrogen and oxygen atoms in total. The first-order valence-corrected chi connectivity index (χ1v) is 4.41. The minimum Gasteiger partial charge on any atom is -0.460 e. The highest BCUT2D eigenvalue weighted by Gasteiger charge is 2.17. The SMILES string of the molecule is CC(C)(C)OC(=O)CCOC(=O)C(N)=O. The van der Waals surface area contributed by atoms with E-state index in [1.165, 1.54) is 0 Å². The smallest absolute Gasteiger partial charge is 0.396 e. The molecular weight excluding hydrogens is 202 g/mol. The molecule has 0 aromatic heterocycles. The van der Waals surface area contributed by atoms with Crippen molar-refractivity contribution in [3.05, 3.63) is 0 Å². The molecule has 0 aliphatic heterocycles. The van der Waals surface area contributed by atoms with Crippen LogP contribution in [0.25, 0.3) is 0 Å². The molecule has 0 fully saturated rings. The Balaban J connectivity index is 3.74. The van der Waals surface area contributed by atoms with E-state index in [1.54, 1.807) is 20.8 Å². The second-order valence-corrected chi connectivity index (χ2v) is 3.84. The van der Waals surface area contributed by atoms with Gasteiger partial charge < -0.3 is 15.2 Å². The molecule has 86 valence electrons. The first kappa shape index (κ1) is 13.4. The first-order chi connectivity index (χ1) is 6.72. The lowest BCUT2D eigenvalue weighted by Crippen LogP contribution is -2.28. The van der Waals surface area contributed by atoms with E-state index in [4.69, 9.17) is 4.74 Å². The Morgan fingerprint density at radius 2 is 1.73 bits per heavy atom. The summed E-state index contributed by atoms with van der Waals surface area (Å²) in [5.74, 6) is -2.84. The van der Waals surface area contributed by atoms with Gasteiger partial charge in [-0.15, -0.1) is 0 Å². The fourth-order valence-electron chi connectivity index (χ4n) is 0.691. The van der Waals surface area contributed by atoms with Crippen LogP contribution in [-0.2, 0) is 23.9 Å². The zero-order valence-electron chi connectivity index (χ0n) is 9.03. The molecule has 2 N–H and O–H groups in total. The summed E-state index contributed by atoms with van der Waals surface area (Å²) >= 11 is 0. The predicted molar refractivity (Wildman–Crippen MR) is 50.6 cm³/mol. The van der Waals surface area contributed by atoms with E-state index in [0.29, 0.717) is 0 Å². The lowest BCUT2D eigenvalue weighted by molar-refractivity contribution is -0.159. The molecular formula is C9H15NO5. The van der Waals surface area contributed by atoms with Crippen LogP contribution in [0.1, 0.15) is 27.2 Å². The largest absolute Gasteiger partial charge is 0.460 e. The quantitative estimate of drug-likeness (QED) is 0.519. The molecule has 0 aliphatic carbocycles. The third kappa shape index (κ3) is 7.48. The van der Waals surface area contributed by atoms with E-state index in [0.717, 1.165) is 0 Å². The molecule has 0 aliphatic rings. The van der Waals surface area contributed by atoms with Gasteiger partial charge in [0.2, 0.25) is 0 Å². The number of hydrogen-bond donors (Lipinski definition) is 1. The Morgan fingerprint density at radius 3 is 2.13 bits per heavy atom. The van der Waals surface area contributed by atoms with Crippen LogP contribution < -0.4 is 5.73 Å². The first-order valence-electron chi connectivity index (χ1n) is 4.41. The van der Waals surface area contributed by atoms with Crippen molar-refractivity contribution in [3.63, 3.8) is 0 Å². The van der Waals surface area contributed by atoms with Gasteiger partial charge in [0.1, 0.15) is 12.2 Å². The van der Waals surface area contributed by atoms with Gasteiger partial charge in [-0.2, -0.15) is 0 Å². The zero-order valence-corrected chi connectivity index (χ0v) is 9.03. The normalized spacial score (nSPS) is 10.6. The number of rotatable bonds is 3. The van der Waals surface area contributed by atoms with E-state index in [9.17, 15) is 14.4 Å². The van der Waals surface area contributed by atoms with Gasteiger partial charge in [0.15, 0.2) is 0 Å². The number of esters is 2. The average molecular weight is 217 g/mol. The number of ether oxygens (including phenoxy) is 2. The minimum atomic E-state index is -1.18. The fourth-order valence-corrected chi connectivity index (χ4v) is 0.691. The predicted octanol–water partition coefficient (Wildman–Crippen LogP) is -0.253. The van der Waals surface area contributed by atoms with Gasteiger partial charge >= 0.3 is 17.8 Å². The molecule has 0 bridgehead atoms. The van der Waals surface area contributed by atoms with Gasteiger partial charge in [-0.3, -0.25) is 9.59 Å². The molecule has 6 heteroatoms. The van der Waals surface area contributed by atoms with E-state index in [-0.39, 0.29) is 13.0 Å². The van der Waals surface area contributed by atoms with Crippen molar-refractivity contribution in [2.45, 2.75) is 32.8 Å². The van der Waals surface area contributed by atoms with Crippen LogP contribution in [0.2, 0.25) is 0 Å². The molecule has 0 rings (SSSR count). The maximum atomic E-state index is 11.1. The molecule has 1 amide bonds. The highest BCUT2D eigenvalue weighted by Crippen LogP contribution is 2.07. The Kier molecular flexibility index (Phi) is 4.77. The van der Waals surface area contributed by atoms with Gasteiger partial charge in [0, 0.05) is 0 Å². The summed E-state index contributed by atoms with van der Waals surface area (Å²) in [6, 6.07) is 0. The van der Waals surface area contributed by atoms with Crippen molar-refractivity contribution >= 4 is 17.8 Å². The van der Waals surface area contributed by atoms with Gasteiger partial charge in [-0.1, -0.05) is 0 Å². The van der Waals surface area contributed by atoms with E-state index >= 15 is 0 Å². The zero-order chi connectivity index (χ0) is 12.1. The molecule has 0 saturated carbocycles. The van der Waals surface area contributed by atoms with E-state index in [1.807, 2.05) is 0 Å². The van der Waals surface area contributed by atoms with Crippen LogP contribution in [0.15, 0.2) is 0 Å². The second kappa shape index (κ2) is 5.33. The molecule has 0 heterocycles. The van der Waals surface area contributed by atoms with E-state index < -0.39 is 23.4 Å². The minimum absolute atomic E-state index is 0.101. The number of carbonyl (C=O) groups excluding carboxylic acids is 3. The third-order valence-corrected chi connectivity index (χ3v) is 1.16. The molecule has 0 atom stereocenters. The van der Waals surface area contributed by atoms with Crippen molar-refractivity contribution in [2.24, 2.45) is 5.73 Å². The van der Waals surface area contributed by atoms with Gasteiger partial charge in [-0.25, -0.2) is 4.79 Å². The van der Waals surface area contributed by atoms with Crippen LogP contribution in [0.3, 0.4) is 0 Å². The number of carbonyl (C=O) groups is 3. The van der Waals surface area contributed by atoms with Gasteiger partial charge in [0.25, 0.3) is 0 Å². The molecule has 0 aromatic carbocycles.